The van der Waals surface area contributed by atoms with Gasteiger partial charge in [-0.25, -0.2) is 0 Å². The number of fused-ring (bicyclic) bond motifs is 7. The van der Waals surface area contributed by atoms with Gasteiger partial charge in [-0.3, -0.25) is 0 Å². The molecule has 2 heteroatoms. The van der Waals surface area contributed by atoms with Crippen LogP contribution < -0.4 is 0 Å². The number of hydrogen-bond donors (Lipinski definition) is 0. The zero-order chi connectivity index (χ0) is 35.6. The van der Waals surface area contributed by atoms with Crippen LogP contribution in [0.1, 0.15) is 0 Å². The lowest BCUT2D eigenvalue weighted by Gasteiger charge is -2.14. The van der Waals surface area contributed by atoms with E-state index in [2.05, 4.69) is 216 Å². The van der Waals surface area contributed by atoms with E-state index in [4.69, 9.17) is 0 Å². The summed E-state index contributed by atoms with van der Waals surface area (Å²) in [5.74, 6) is 0. The molecule has 252 valence electrons. The van der Waals surface area contributed by atoms with Crippen molar-refractivity contribution in [2.24, 2.45) is 0 Å². The van der Waals surface area contributed by atoms with E-state index >= 15 is 0 Å². The fourth-order valence-corrected chi connectivity index (χ4v) is 8.62. The van der Waals surface area contributed by atoms with Crippen molar-refractivity contribution in [1.29, 1.82) is 0 Å². The highest BCUT2D eigenvalue weighted by atomic mass is 15.0. The van der Waals surface area contributed by atoms with Gasteiger partial charge in [0.15, 0.2) is 0 Å². The Labute approximate surface area is 313 Å². The molecule has 0 N–H and O–H groups in total. The number of hydrogen-bond acceptors (Lipinski definition) is 0. The molecular weight excluding hydrogens is 653 g/mol. The van der Waals surface area contributed by atoms with Gasteiger partial charge in [0.2, 0.25) is 0 Å². The quantitative estimate of drug-likeness (QED) is 0.160. The van der Waals surface area contributed by atoms with Gasteiger partial charge in [-0.05, 0) is 110 Å². The highest BCUT2D eigenvalue weighted by Crippen LogP contribution is 2.41. The molecule has 9 aromatic carbocycles. The van der Waals surface area contributed by atoms with Gasteiger partial charge in [0.1, 0.15) is 0 Å². The number of benzene rings is 9. The fraction of sp³-hybridized carbons (Fsp3) is 0. The molecule has 54 heavy (non-hydrogen) atoms. The number of nitrogens with zero attached hydrogens (tertiary/aromatic N) is 2. The van der Waals surface area contributed by atoms with E-state index in [-0.39, 0.29) is 0 Å². The molecule has 2 heterocycles. The lowest BCUT2D eigenvalue weighted by molar-refractivity contribution is 1.13. The summed E-state index contributed by atoms with van der Waals surface area (Å²) in [6, 6.07) is 73.0. The van der Waals surface area contributed by atoms with Crippen molar-refractivity contribution in [3.8, 4) is 44.8 Å². The maximum atomic E-state index is 2.46. The lowest BCUT2D eigenvalue weighted by atomic mass is 9.92. The van der Waals surface area contributed by atoms with E-state index in [1.165, 1.54) is 87.6 Å². The van der Waals surface area contributed by atoms with Crippen LogP contribution in [0.3, 0.4) is 0 Å². The Morgan fingerprint density at radius 3 is 1.52 bits per heavy atom. The normalized spacial score (nSPS) is 11.7. The molecule has 2 nitrogen and oxygen atoms in total. The highest BCUT2D eigenvalue weighted by molar-refractivity contribution is 6.18. The Balaban J connectivity index is 1.11. The number of aromatic nitrogens is 2. The van der Waals surface area contributed by atoms with E-state index in [1.54, 1.807) is 0 Å². The van der Waals surface area contributed by atoms with Gasteiger partial charge in [0.25, 0.3) is 0 Å². The summed E-state index contributed by atoms with van der Waals surface area (Å²) in [5, 5.41) is 8.79. The lowest BCUT2D eigenvalue weighted by Crippen LogP contribution is -1.96. The molecule has 0 saturated heterocycles. The van der Waals surface area contributed by atoms with Crippen LogP contribution in [0.2, 0.25) is 0 Å². The van der Waals surface area contributed by atoms with Gasteiger partial charge < -0.3 is 9.13 Å². The smallest absolute Gasteiger partial charge is 0.0635 e. The zero-order valence-corrected chi connectivity index (χ0v) is 29.5. The molecule has 0 saturated carbocycles. The van der Waals surface area contributed by atoms with Crippen molar-refractivity contribution in [2.75, 3.05) is 0 Å². The van der Waals surface area contributed by atoms with E-state index in [0.717, 1.165) is 11.4 Å². The minimum atomic E-state index is 1.14. The van der Waals surface area contributed by atoms with E-state index in [0.29, 0.717) is 0 Å². The third-order valence-corrected chi connectivity index (χ3v) is 11.1. The first kappa shape index (κ1) is 30.5. The molecule has 0 amide bonds. The average molecular weight is 687 g/mol. The van der Waals surface area contributed by atoms with Gasteiger partial charge in [-0.15, -0.1) is 0 Å². The van der Waals surface area contributed by atoms with Crippen LogP contribution in [-0.2, 0) is 0 Å². The minimum absolute atomic E-state index is 1.14. The van der Waals surface area contributed by atoms with E-state index in [1.807, 2.05) is 0 Å². The predicted molar refractivity (Wildman–Crippen MR) is 229 cm³/mol. The predicted octanol–water partition coefficient (Wildman–Crippen LogP) is 14.0. The van der Waals surface area contributed by atoms with Crippen molar-refractivity contribution in [3.63, 3.8) is 0 Å². The summed E-state index contributed by atoms with van der Waals surface area (Å²) in [4.78, 5) is 0. The van der Waals surface area contributed by atoms with Crippen LogP contribution >= 0.6 is 0 Å². The maximum Gasteiger partial charge on any atom is 0.0635 e. The van der Waals surface area contributed by atoms with Crippen LogP contribution in [0, 0.1) is 0 Å². The summed E-state index contributed by atoms with van der Waals surface area (Å²) >= 11 is 0. The maximum absolute atomic E-state index is 2.46. The molecule has 0 aliphatic heterocycles. The average Bonchev–Trinajstić information content (AvgIpc) is 3.83. The van der Waals surface area contributed by atoms with Gasteiger partial charge >= 0.3 is 0 Å². The van der Waals surface area contributed by atoms with Crippen molar-refractivity contribution in [2.45, 2.75) is 0 Å². The second-order valence-electron chi connectivity index (χ2n) is 14.2. The highest BCUT2D eigenvalue weighted by Gasteiger charge is 2.18. The molecule has 0 unspecified atom stereocenters. The number of rotatable bonds is 5. The molecule has 2 aromatic heterocycles. The van der Waals surface area contributed by atoms with E-state index in [9.17, 15) is 0 Å². The monoisotopic (exact) mass is 686 g/mol. The van der Waals surface area contributed by atoms with Crippen LogP contribution in [0.15, 0.2) is 206 Å². The standard InChI is InChI=1S/C52H34N2/c1-3-13-35(14-4-1)40-32-41(36-15-5-2-6-16-36)34-43(33-40)53-30-29-48-49(53)28-27-47-46-21-11-12-22-50(46)54(52(47)48)42-25-23-37(24-26-42)51-44-19-9-7-17-38(44)31-39-18-8-10-20-45(39)51/h1-34H. The first-order valence-electron chi connectivity index (χ1n) is 18.6. The van der Waals surface area contributed by atoms with Crippen molar-refractivity contribution in [3.05, 3.63) is 206 Å². The molecule has 0 atom stereocenters. The third-order valence-electron chi connectivity index (χ3n) is 11.1. The third kappa shape index (κ3) is 4.81. The van der Waals surface area contributed by atoms with Crippen molar-refractivity contribution < 1.29 is 0 Å². The minimum Gasteiger partial charge on any atom is -0.316 e. The van der Waals surface area contributed by atoms with E-state index < -0.39 is 0 Å². The molecule has 11 rings (SSSR count). The largest absolute Gasteiger partial charge is 0.316 e. The van der Waals surface area contributed by atoms with Crippen molar-refractivity contribution in [1.82, 2.24) is 9.13 Å². The first-order valence-corrected chi connectivity index (χ1v) is 18.6. The molecule has 11 aromatic rings. The van der Waals surface area contributed by atoms with Crippen LogP contribution in [-0.4, -0.2) is 9.13 Å². The second-order valence-corrected chi connectivity index (χ2v) is 14.2. The zero-order valence-electron chi connectivity index (χ0n) is 29.5. The Morgan fingerprint density at radius 2 is 0.870 bits per heavy atom. The van der Waals surface area contributed by atoms with Gasteiger partial charge in [-0.1, -0.05) is 146 Å². The summed E-state index contributed by atoms with van der Waals surface area (Å²) in [7, 11) is 0. The summed E-state index contributed by atoms with van der Waals surface area (Å²) in [6.07, 6.45) is 2.24. The SMILES string of the molecule is c1ccc(-c2cc(-c3ccccc3)cc(-n3ccc4c3ccc3c5ccccc5n(-c5ccc(-c6c7ccccc7cc7ccccc67)cc5)c34)c2)cc1. The molecular formula is C52H34N2. The Hall–Kier alpha value is -7.16. The second kappa shape index (κ2) is 12.2. The van der Waals surface area contributed by atoms with Crippen LogP contribution in [0.4, 0.5) is 0 Å². The molecule has 0 radical (unpaired) electrons. The summed E-state index contributed by atoms with van der Waals surface area (Å²) in [5.41, 5.74) is 13.2. The molecule has 0 spiro atoms. The van der Waals surface area contributed by atoms with Gasteiger partial charge in [0, 0.05) is 33.7 Å². The van der Waals surface area contributed by atoms with Crippen LogP contribution in [0.25, 0.3) is 99.0 Å². The fourth-order valence-electron chi connectivity index (χ4n) is 8.62. The first-order chi connectivity index (χ1) is 26.8. The molecule has 0 fully saturated rings. The van der Waals surface area contributed by atoms with Gasteiger partial charge in [0.05, 0.1) is 16.6 Å². The molecule has 0 aliphatic rings. The number of para-hydroxylation sites is 1. The summed E-state index contributed by atoms with van der Waals surface area (Å²) in [6.45, 7) is 0. The topological polar surface area (TPSA) is 9.86 Å². The summed E-state index contributed by atoms with van der Waals surface area (Å²) < 4.78 is 4.81. The van der Waals surface area contributed by atoms with Gasteiger partial charge in [-0.2, -0.15) is 0 Å². The Bertz CT molecular complexity index is 3070. The Kier molecular flexibility index (Phi) is 6.90. The van der Waals surface area contributed by atoms with Crippen molar-refractivity contribution >= 4 is 54.3 Å². The Morgan fingerprint density at radius 1 is 0.296 bits per heavy atom. The molecule has 0 bridgehead atoms. The van der Waals surface area contributed by atoms with Crippen LogP contribution in [0.5, 0.6) is 0 Å². The molecule has 0 aliphatic carbocycles.